The molecule has 0 spiro atoms. The quantitative estimate of drug-likeness (QED) is 0.712. The fourth-order valence-corrected chi connectivity index (χ4v) is 2.35. The van der Waals surface area contributed by atoms with Crippen molar-refractivity contribution in [3.05, 3.63) is 0 Å². The first kappa shape index (κ1) is 13.5. The summed E-state index contributed by atoms with van der Waals surface area (Å²) in [5.41, 5.74) is -0.347. The third kappa shape index (κ3) is 2.57. The van der Waals surface area contributed by atoms with Crippen LogP contribution in [0.4, 0.5) is 0 Å². The van der Waals surface area contributed by atoms with Crippen LogP contribution in [-0.4, -0.2) is 37.4 Å². The number of ether oxygens (including phenoxy) is 3. The molecule has 3 unspecified atom stereocenters. The summed E-state index contributed by atoms with van der Waals surface area (Å²) < 4.78 is 16.2. The van der Waals surface area contributed by atoms with Crippen molar-refractivity contribution < 1.29 is 23.8 Å². The molecule has 0 amide bonds. The molecule has 2 aliphatic rings. The fourth-order valence-electron chi connectivity index (χ4n) is 2.35. The fraction of sp³-hybridized carbons (Fsp3) is 0.846. The van der Waals surface area contributed by atoms with E-state index in [4.69, 9.17) is 14.2 Å². The van der Waals surface area contributed by atoms with Crippen LogP contribution in [-0.2, 0) is 23.8 Å². The molecule has 0 N–H and O–H groups in total. The number of esters is 1. The van der Waals surface area contributed by atoms with Gasteiger partial charge in [-0.15, -0.1) is 0 Å². The number of carbonyl (C=O) groups excluding carboxylic acids is 2. The van der Waals surface area contributed by atoms with Gasteiger partial charge in [-0.1, -0.05) is 20.8 Å². The summed E-state index contributed by atoms with van der Waals surface area (Å²) in [4.78, 5) is 23.0. The molecule has 2 rings (SSSR count). The van der Waals surface area contributed by atoms with E-state index in [2.05, 4.69) is 0 Å². The summed E-state index contributed by atoms with van der Waals surface area (Å²) >= 11 is 0. The summed E-state index contributed by atoms with van der Waals surface area (Å²) in [6.45, 7) is 6.28. The van der Waals surface area contributed by atoms with E-state index in [1.807, 2.05) is 20.8 Å². The number of cyclic esters (lactones) is 1. The van der Waals surface area contributed by atoms with Crippen molar-refractivity contribution in [3.8, 4) is 0 Å². The van der Waals surface area contributed by atoms with Gasteiger partial charge in [0.05, 0.1) is 6.61 Å². The summed E-state index contributed by atoms with van der Waals surface area (Å²) in [5, 5.41) is 0. The van der Waals surface area contributed by atoms with Gasteiger partial charge in [-0.2, -0.15) is 0 Å². The van der Waals surface area contributed by atoms with E-state index < -0.39 is 12.4 Å². The first-order valence-corrected chi connectivity index (χ1v) is 6.39. The van der Waals surface area contributed by atoms with Crippen LogP contribution in [0, 0.1) is 11.3 Å². The Bertz CT molecular complexity index is 349. The maximum absolute atomic E-state index is 11.7. The van der Waals surface area contributed by atoms with Crippen molar-refractivity contribution in [2.75, 3.05) is 13.2 Å². The Hall–Kier alpha value is -0.940. The van der Waals surface area contributed by atoms with E-state index in [0.717, 1.165) is 6.42 Å². The molecule has 0 aromatic carbocycles. The molecule has 2 saturated heterocycles. The van der Waals surface area contributed by atoms with Gasteiger partial charge in [-0.25, -0.2) is 4.79 Å². The van der Waals surface area contributed by atoms with E-state index in [1.165, 1.54) is 0 Å². The van der Waals surface area contributed by atoms with Crippen molar-refractivity contribution >= 4 is 11.8 Å². The zero-order chi connectivity index (χ0) is 13.3. The van der Waals surface area contributed by atoms with Crippen LogP contribution in [0.2, 0.25) is 0 Å². The lowest BCUT2D eigenvalue weighted by atomic mass is 9.89. The Morgan fingerprint density at radius 2 is 2.11 bits per heavy atom. The zero-order valence-corrected chi connectivity index (χ0v) is 11.1. The highest BCUT2D eigenvalue weighted by molar-refractivity contribution is 5.80. The minimum atomic E-state index is -0.607. The third-order valence-corrected chi connectivity index (χ3v) is 3.59. The Kier molecular flexibility index (Phi) is 3.73. The number of carbonyl (C=O) groups is 2. The molecular formula is C13H20O5. The molecule has 0 aromatic rings. The molecule has 0 radical (unpaired) electrons. The van der Waals surface area contributed by atoms with Crippen molar-refractivity contribution in [1.82, 2.24) is 0 Å². The van der Waals surface area contributed by atoms with Crippen LogP contribution in [0.15, 0.2) is 0 Å². The molecular weight excluding hydrogens is 236 g/mol. The van der Waals surface area contributed by atoms with Gasteiger partial charge in [0.1, 0.15) is 6.61 Å². The van der Waals surface area contributed by atoms with Crippen molar-refractivity contribution in [1.29, 1.82) is 0 Å². The first-order valence-electron chi connectivity index (χ1n) is 6.39. The molecule has 0 bridgehead atoms. The topological polar surface area (TPSA) is 61.8 Å². The first-order chi connectivity index (χ1) is 8.44. The van der Waals surface area contributed by atoms with Gasteiger partial charge >= 0.3 is 5.97 Å². The molecule has 0 saturated carbocycles. The van der Waals surface area contributed by atoms with E-state index >= 15 is 0 Å². The highest BCUT2D eigenvalue weighted by Gasteiger charge is 2.47. The Morgan fingerprint density at radius 1 is 1.39 bits per heavy atom. The number of Topliss-reactive ketones (excluding diaryl/α,β-unsaturated/α-hetero) is 1. The predicted octanol–water partition coefficient (Wildman–Crippen LogP) is 1.30. The summed E-state index contributed by atoms with van der Waals surface area (Å²) in [6, 6.07) is 0. The molecule has 0 aromatic heterocycles. The molecule has 3 atom stereocenters. The van der Waals surface area contributed by atoms with Crippen LogP contribution >= 0.6 is 0 Å². The minimum absolute atomic E-state index is 0.0236. The van der Waals surface area contributed by atoms with E-state index in [9.17, 15) is 9.59 Å². The maximum atomic E-state index is 11.7. The minimum Gasteiger partial charge on any atom is -0.463 e. The second-order valence-corrected chi connectivity index (χ2v) is 5.70. The number of ketones is 1. The maximum Gasteiger partial charge on any atom is 0.336 e. The number of hydrogen-bond acceptors (Lipinski definition) is 5. The molecule has 102 valence electrons. The Morgan fingerprint density at radius 3 is 2.67 bits per heavy atom. The Balaban J connectivity index is 2.03. The van der Waals surface area contributed by atoms with Crippen LogP contribution in [0.25, 0.3) is 0 Å². The van der Waals surface area contributed by atoms with Crippen LogP contribution in [0.1, 0.15) is 33.6 Å². The number of hydrogen-bond donors (Lipinski definition) is 0. The van der Waals surface area contributed by atoms with E-state index in [-0.39, 0.29) is 29.7 Å². The van der Waals surface area contributed by atoms with Crippen LogP contribution < -0.4 is 0 Å². The molecule has 2 heterocycles. The van der Waals surface area contributed by atoms with Crippen LogP contribution in [0.3, 0.4) is 0 Å². The van der Waals surface area contributed by atoms with Crippen molar-refractivity contribution in [3.63, 3.8) is 0 Å². The van der Waals surface area contributed by atoms with E-state index in [0.29, 0.717) is 13.0 Å². The second kappa shape index (κ2) is 4.97. The number of rotatable bonds is 3. The Labute approximate surface area is 107 Å². The second-order valence-electron chi connectivity index (χ2n) is 5.70. The highest BCUT2D eigenvalue weighted by atomic mass is 16.7. The lowest BCUT2D eigenvalue weighted by Gasteiger charge is -2.33. The monoisotopic (exact) mass is 256 g/mol. The smallest absolute Gasteiger partial charge is 0.336 e. The lowest BCUT2D eigenvalue weighted by molar-refractivity contribution is -0.223. The summed E-state index contributed by atoms with van der Waals surface area (Å²) in [6.07, 6.45) is 0.162. The highest BCUT2D eigenvalue weighted by Crippen LogP contribution is 2.34. The third-order valence-electron chi connectivity index (χ3n) is 3.59. The van der Waals surface area contributed by atoms with Crippen molar-refractivity contribution in [2.24, 2.45) is 11.3 Å². The molecule has 2 aliphatic heterocycles. The largest absolute Gasteiger partial charge is 0.463 e. The van der Waals surface area contributed by atoms with Gasteiger partial charge in [0, 0.05) is 17.8 Å². The predicted molar refractivity (Wildman–Crippen MR) is 62.8 cm³/mol. The van der Waals surface area contributed by atoms with Gasteiger partial charge in [0.2, 0.25) is 0 Å². The summed E-state index contributed by atoms with van der Waals surface area (Å²) in [5.74, 6) is -0.222. The molecule has 5 heteroatoms. The average molecular weight is 256 g/mol. The molecule has 18 heavy (non-hydrogen) atoms. The zero-order valence-electron chi connectivity index (χ0n) is 11.1. The van der Waals surface area contributed by atoms with Gasteiger partial charge in [0.15, 0.2) is 18.2 Å². The normalized spacial score (nSPS) is 35.6. The molecule has 2 fully saturated rings. The molecule has 5 nitrogen and oxygen atoms in total. The van der Waals surface area contributed by atoms with E-state index in [1.54, 1.807) is 0 Å². The lowest BCUT2D eigenvalue weighted by Crippen LogP contribution is -2.43. The van der Waals surface area contributed by atoms with Crippen LogP contribution in [0.5, 0.6) is 0 Å². The van der Waals surface area contributed by atoms with Gasteiger partial charge < -0.3 is 14.2 Å². The van der Waals surface area contributed by atoms with Gasteiger partial charge in [0.25, 0.3) is 0 Å². The van der Waals surface area contributed by atoms with Crippen molar-refractivity contribution in [2.45, 2.75) is 46.0 Å². The average Bonchev–Trinajstić information content (AvgIpc) is 2.58. The standard InChI is InChI=1S/C13H20O5/c1-4-8-5-9(14)6-16-12(8)18-10-11(15)17-7-13(10,2)3/h8,10,12H,4-7H2,1-3H3. The van der Waals surface area contributed by atoms with Gasteiger partial charge in [-0.3, -0.25) is 4.79 Å². The van der Waals surface area contributed by atoms with Gasteiger partial charge in [-0.05, 0) is 6.42 Å². The molecule has 0 aliphatic carbocycles. The summed E-state index contributed by atoms with van der Waals surface area (Å²) in [7, 11) is 0. The SMILES string of the molecule is CCC1CC(=O)COC1OC1C(=O)OCC1(C)C.